The van der Waals surface area contributed by atoms with Crippen LogP contribution in [0, 0.1) is 0 Å². The molecule has 1 N–H and O–H groups in total. The summed E-state index contributed by atoms with van der Waals surface area (Å²) in [6, 6.07) is 8.87. The van der Waals surface area contributed by atoms with Gasteiger partial charge < -0.3 is 9.84 Å². The van der Waals surface area contributed by atoms with Crippen LogP contribution in [-0.2, 0) is 34.9 Å². The Labute approximate surface area is 239 Å². The van der Waals surface area contributed by atoms with Gasteiger partial charge >= 0.3 is 5.97 Å². The normalized spacial score (nSPS) is 12.0. The number of unbranched alkanes of at least 4 members (excludes halogenated alkanes) is 2. The van der Waals surface area contributed by atoms with Crippen molar-refractivity contribution >= 4 is 5.97 Å². The molecule has 0 saturated heterocycles. The largest absolute Gasteiger partial charge is 0.507 e. The van der Waals surface area contributed by atoms with Crippen LogP contribution in [0.3, 0.4) is 0 Å². The maximum Gasteiger partial charge on any atom is 0.335 e. The first kappa shape index (κ1) is 32.7. The van der Waals surface area contributed by atoms with E-state index in [1.807, 2.05) is 0 Å². The van der Waals surface area contributed by atoms with Crippen LogP contribution in [0.25, 0.3) is 0 Å². The summed E-state index contributed by atoms with van der Waals surface area (Å²) in [5.41, 5.74) is 6.48. The van der Waals surface area contributed by atoms with Crippen LogP contribution in [0.4, 0.5) is 0 Å². The first-order valence-electron chi connectivity index (χ1n) is 15.3. The highest BCUT2D eigenvalue weighted by Crippen LogP contribution is 2.40. The van der Waals surface area contributed by atoms with Gasteiger partial charge in [-0.05, 0) is 77.2 Å². The van der Waals surface area contributed by atoms with E-state index in [-0.39, 0.29) is 10.8 Å². The number of benzene rings is 2. The van der Waals surface area contributed by atoms with Gasteiger partial charge in [0.1, 0.15) is 11.5 Å². The van der Waals surface area contributed by atoms with Crippen LogP contribution >= 0.6 is 0 Å². The summed E-state index contributed by atoms with van der Waals surface area (Å²) in [5.74, 6) is 0.575. The number of aromatic hydroxyl groups is 1. The van der Waals surface area contributed by atoms with Crippen molar-refractivity contribution in [3.8, 4) is 11.5 Å². The fourth-order valence-corrected chi connectivity index (χ4v) is 5.69. The number of phenolic OH excluding ortho intramolecular Hbond substituents is 1. The van der Waals surface area contributed by atoms with Crippen molar-refractivity contribution in [2.24, 2.45) is 0 Å². The molecular formula is C36H54O3. The summed E-state index contributed by atoms with van der Waals surface area (Å²) >= 11 is 0. The summed E-state index contributed by atoms with van der Waals surface area (Å²) in [4.78, 5) is 12.5. The highest BCUT2D eigenvalue weighted by molar-refractivity contribution is 5.84. The quantitative estimate of drug-likeness (QED) is 0.132. The van der Waals surface area contributed by atoms with E-state index in [2.05, 4.69) is 86.2 Å². The SMILES string of the molecule is C=CC(=O)Oc1c(CCCC)cc(C(C)(C)CCC)cc1Cc1cc(C(C)(C)CCC)cc(CCCC)c1O. The molecule has 0 radical (unpaired) electrons. The number of esters is 1. The Kier molecular flexibility index (Phi) is 12.3. The van der Waals surface area contributed by atoms with Crippen molar-refractivity contribution in [3.05, 3.63) is 70.3 Å². The lowest BCUT2D eigenvalue weighted by molar-refractivity contribution is -0.129. The van der Waals surface area contributed by atoms with Crippen LogP contribution in [0.2, 0.25) is 0 Å². The molecule has 39 heavy (non-hydrogen) atoms. The standard InChI is InChI=1S/C36H54O3/c1-10-15-17-26-22-30(35(6,7)19-12-3)24-28(33(26)38)21-29-25-31(36(8,9)20-13-4)23-27(18-16-11-2)34(29)39-32(37)14-5/h14,22-25,38H,5,10-13,15-21H2,1-4,6-9H3. The zero-order valence-corrected chi connectivity index (χ0v) is 26.1. The van der Waals surface area contributed by atoms with Crippen LogP contribution in [0.1, 0.15) is 140 Å². The molecule has 0 unspecified atom stereocenters. The second kappa shape index (κ2) is 14.7. The maximum absolute atomic E-state index is 12.5. The van der Waals surface area contributed by atoms with Gasteiger partial charge in [-0.1, -0.05) is 112 Å². The monoisotopic (exact) mass is 534 g/mol. The molecule has 0 spiro atoms. The van der Waals surface area contributed by atoms with E-state index in [4.69, 9.17) is 4.74 Å². The summed E-state index contributed by atoms with van der Waals surface area (Å²) in [7, 11) is 0. The van der Waals surface area contributed by atoms with E-state index < -0.39 is 5.97 Å². The number of phenols is 1. The number of ether oxygens (including phenoxy) is 1. The van der Waals surface area contributed by atoms with E-state index in [0.717, 1.165) is 86.5 Å². The molecule has 3 nitrogen and oxygen atoms in total. The smallest absolute Gasteiger partial charge is 0.335 e. The predicted molar refractivity (Wildman–Crippen MR) is 166 cm³/mol. The van der Waals surface area contributed by atoms with Crippen molar-refractivity contribution in [2.45, 2.75) is 137 Å². The van der Waals surface area contributed by atoms with Crippen LogP contribution in [0.15, 0.2) is 36.9 Å². The Hall–Kier alpha value is -2.55. The third-order valence-electron chi connectivity index (χ3n) is 8.17. The molecule has 2 aromatic carbocycles. The van der Waals surface area contributed by atoms with Gasteiger partial charge in [-0.15, -0.1) is 0 Å². The van der Waals surface area contributed by atoms with Crippen LogP contribution in [-0.4, -0.2) is 11.1 Å². The van der Waals surface area contributed by atoms with Gasteiger partial charge in [-0.2, -0.15) is 0 Å². The molecule has 216 valence electrons. The van der Waals surface area contributed by atoms with Gasteiger partial charge in [-0.25, -0.2) is 4.79 Å². The van der Waals surface area contributed by atoms with E-state index in [0.29, 0.717) is 17.9 Å². The Morgan fingerprint density at radius 2 is 1.23 bits per heavy atom. The minimum absolute atomic E-state index is 0.00749. The Balaban J connectivity index is 2.81. The molecule has 0 aliphatic carbocycles. The molecule has 0 atom stereocenters. The average Bonchev–Trinajstić information content (AvgIpc) is 2.88. The Morgan fingerprint density at radius 1 is 0.769 bits per heavy atom. The van der Waals surface area contributed by atoms with Crippen molar-refractivity contribution < 1.29 is 14.6 Å². The molecular weight excluding hydrogens is 480 g/mol. The van der Waals surface area contributed by atoms with Gasteiger partial charge in [0.15, 0.2) is 0 Å². The first-order chi connectivity index (χ1) is 18.4. The minimum Gasteiger partial charge on any atom is -0.507 e. The molecule has 0 fully saturated rings. The van der Waals surface area contributed by atoms with Crippen LogP contribution in [0.5, 0.6) is 11.5 Å². The Bertz CT molecular complexity index is 1110. The van der Waals surface area contributed by atoms with Gasteiger partial charge in [0.2, 0.25) is 0 Å². The molecule has 0 bridgehead atoms. The molecule has 3 heteroatoms. The average molecular weight is 535 g/mol. The first-order valence-corrected chi connectivity index (χ1v) is 15.3. The second-order valence-electron chi connectivity index (χ2n) is 12.5. The third-order valence-corrected chi connectivity index (χ3v) is 8.17. The number of aryl methyl sites for hydroxylation is 2. The summed E-state index contributed by atoms with van der Waals surface area (Å²) in [5, 5.41) is 11.5. The molecule has 0 heterocycles. The lowest BCUT2D eigenvalue weighted by atomic mass is 9.77. The van der Waals surface area contributed by atoms with Gasteiger partial charge in [0.05, 0.1) is 0 Å². The minimum atomic E-state index is -0.444. The van der Waals surface area contributed by atoms with Crippen molar-refractivity contribution in [3.63, 3.8) is 0 Å². The number of rotatable bonds is 16. The third kappa shape index (κ3) is 8.72. The van der Waals surface area contributed by atoms with Gasteiger partial charge in [0.25, 0.3) is 0 Å². The predicted octanol–water partition coefficient (Wildman–Crippen LogP) is 9.91. The topological polar surface area (TPSA) is 46.5 Å². The molecule has 0 saturated carbocycles. The van der Waals surface area contributed by atoms with E-state index >= 15 is 0 Å². The molecule has 0 aliphatic heterocycles. The summed E-state index contributed by atoms with van der Waals surface area (Å²) in [6.45, 7) is 21.6. The Morgan fingerprint density at radius 3 is 1.72 bits per heavy atom. The van der Waals surface area contributed by atoms with Crippen molar-refractivity contribution in [2.75, 3.05) is 0 Å². The number of carbonyl (C=O) groups excluding carboxylic acids is 1. The van der Waals surface area contributed by atoms with E-state index in [9.17, 15) is 9.90 Å². The highest BCUT2D eigenvalue weighted by Gasteiger charge is 2.26. The van der Waals surface area contributed by atoms with Crippen LogP contribution < -0.4 is 4.74 Å². The fraction of sp³-hybridized carbons (Fsp3) is 0.583. The molecule has 0 aromatic heterocycles. The highest BCUT2D eigenvalue weighted by atomic mass is 16.5. The number of hydrogen-bond acceptors (Lipinski definition) is 3. The summed E-state index contributed by atoms with van der Waals surface area (Å²) < 4.78 is 5.96. The van der Waals surface area contributed by atoms with Crippen molar-refractivity contribution in [1.82, 2.24) is 0 Å². The van der Waals surface area contributed by atoms with E-state index in [1.165, 1.54) is 17.2 Å². The van der Waals surface area contributed by atoms with Gasteiger partial charge in [-0.3, -0.25) is 0 Å². The summed E-state index contributed by atoms with van der Waals surface area (Å²) in [6.07, 6.45) is 12.0. The lowest BCUT2D eigenvalue weighted by Crippen LogP contribution is -2.19. The number of carbonyl (C=O) groups is 1. The molecule has 2 rings (SSSR count). The fourth-order valence-electron chi connectivity index (χ4n) is 5.69. The maximum atomic E-state index is 12.5. The zero-order valence-electron chi connectivity index (χ0n) is 26.1. The van der Waals surface area contributed by atoms with Crippen molar-refractivity contribution in [1.29, 1.82) is 0 Å². The molecule has 0 amide bonds. The van der Waals surface area contributed by atoms with Gasteiger partial charge in [0, 0.05) is 18.1 Å². The molecule has 0 aliphatic rings. The lowest BCUT2D eigenvalue weighted by Gasteiger charge is -2.29. The van der Waals surface area contributed by atoms with E-state index in [1.54, 1.807) is 0 Å². The second-order valence-corrected chi connectivity index (χ2v) is 12.5. The molecule has 2 aromatic rings. The zero-order chi connectivity index (χ0) is 29.2. The number of hydrogen-bond donors (Lipinski definition) is 1.